The summed E-state index contributed by atoms with van der Waals surface area (Å²) in [5.41, 5.74) is 0.0806. The summed E-state index contributed by atoms with van der Waals surface area (Å²) >= 11 is 1.13. The molecule has 0 saturated heterocycles. The number of hydrogen-bond acceptors (Lipinski definition) is 4. The van der Waals surface area contributed by atoms with Crippen LogP contribution in [-0.4, -0.2) is 17.6 Å². The first-order valence-electron chi connectivity index (χ1n) is 3.66. The van der Waals surface area contributed by atoms with Gasteiger partial charge < -0.3 is 4.74 Å². The SMILES string of the molecule is CSc1cc(OC(F)(F)F)cnc1C#N. The van der Waals surface area contributed by atoms with E-state index in [1.807, 2.05) is 0 Å². The van der Waals surface area contributed by atoms with E-state index in [1.54, 1.807) is 12.3 Å². The number of alkyl halides is 3. The highest BCUT2D eigenvalue weighted by molar-refractivity contribution is 7.98. The molecule has 3 nitrogen and oxygen atoms in total. The molecule has 15 heavy (non-hydrogen) atoms. The van der Waals surface area contributed by atoms with Crippen molar-refractivity contribution in [2.24, 2.45) is 0 Å². The number of ether oxygens (including phenoxy) is 1. The predicted molar refractivity (Wildman–Crippen MR) is 47.4 cm³/mol. The fraction of sp³-hybridized carbons (Fsp3) is 0.250. The number of aromatic nitrogens is 1. The van der Waals surface area contributed by atoms with Gasteiger partial charge in [0.2, 0.25) is 0 Å². The standard InChI is InChI=1S/C8H5F3N2OS/c1-15-7-2-5(14-8(9,10)11)4-13-6(7)3-12/h2,4H,1H3. The maximum Gasteiger partial charge on any atom is 0.573 e. The molecular weight excluding hydrogens is 229 g/mol. The summed E-state index contributed by atoms with van der Waals surface area (Å²) in [5.74, 6) is -0.425. The van der Waals surface area contributed by atoms with Gasteiger partial charge in [-0.3, -0.25) is 0 Å². The smallest absolute Gasteiger partial charge is 0.404 e. The first-order valence-corrected chi connectivity index (χ1v) is 4.88. The Labute approximate surface area is 87.9 Å². The molecule has 1 heterocycles. The Morgan fingerprint density at radius 3 is 2.67 bits per heavy atom. The zero-order valence-corrected chi connectivity index (χ0v) is 8.32. The minimum absolute atomic E-state index is 0.0806. The Balaban J connectivity index is 3.00. The van der Waals surface area contributed by atoms with E-state index in [1.165, 1.54) is 0 Å². The van der Waals surface area contributed by atoms with Gasteiger partial charge in [-0.25, -0.2) is 4.98 Å². The lowest BCUT2D eigenvalue weighted by atomic mass is 10.3. The van der Waals surface area contributed by atoms with Crippen molar-refractivity contribution in [2.45, 2.75) is 11.3 Å². The van der Waals surface area contributed by atoms with Gasteiger partial charge in [0.15, 0.2) is 5.69 Å². The van der Waals surface area contributed by atoms with Crippen LogP contribution in [0.4, 0.5) is 13.2 Å². The van der Waals surface area contributed by atoms with E-state index < -0.39 is 12.1 Å². The van der Waals surface area contributed by atoms with E-state index in [2.05, 4.69) is 9.72 Å². The highest BCUT2D eigenvalue weighted by atomic mass is 32.2. The Bertz CT molecular complexity index is 400. The number of nitriles is 1. The highest BCUT2D eigenvalue weighted by Gasteiger charge is 2.31. The second kappa shape index (κ2) is 4.40. The summed E-state index contributed by atoms with van der Waals surface area (Å²) < 4.78 is 39.2. The van der Waals surface area contributed by atoms with Crippen molar-refractivity contribution in [3.63, 3.8) is 0 Å². The molecule has 0 unspecified atom stereocenters. The first-order chi connectivity index (χ1) is 6.96. The molecule has 0 aliphatic carbocycles. The first kappa shape index (κ1) is 11.7. The van der Waals surface area contributed by atoms with Gasteiger partial charge in [0.05, 0.1) is 6.20 Å². The average molecular weight is 234 g/mol. The van der Waals surface area contributed by atoms with Crippen LogP contribution in [0.1, 0.15) is 5.69 Å². The lowest BCUT2D eigenvalue weighted by Crippen LogP contribution is -2.17. The van der Waals surface area contributed by atoms with E-state index in [4.69, 9.17) is 5.26 Å². The molecule has 0 aliphatic rings. The quantitative estimate of drug-likeness (QED) is 0.738. The maximum absolute atomic E-state index is 11.8. The molecule has 1 aromatic rings. The Kier molecular flexibility index (Phi) is 3.42. The Hall–Kier alpha value is -1.42. The summed E-state index contributed by atoms with van der Waals surface area (Å²) in [6.45, 7) is 0. The van der Waals surface area contributed by atoms with Gasteiger partial charge in [-0.1, -0.05) is 0 Å². The van der Waals surface area contributed by atoms with Crippen molar-refractivity contribution in [3.05, 3.63) is 18.0 Å². The minimum Gasteiger partial charge on any atom is -0.404 e. The molecule has 0 saturated carbocycles. The topological polar surface area (TPSA) is 45.9 Å². The zero-order chi connectivity index (χ0) is 11.5. The molecule has 80 valence electrons. The molecule has 0 atom stereocenters. The number of nitrogens with zero attached hydrogens (tertiary/aromatic N) is 2. The molecule has 0 amide bonds. The molecule has 0 spiro atoms. The van der Waals surface area contributed by atoms with Crippen LogP contribution in [0.2, 0.25) is 0 Å². The molecular formula is C8H5F3N2OS. The van der Waals surface area contributed by atoms with Crippen LogP contribution < -0.4 is 4.74 Å². The summed E-state index contributed by atoms with van der Waals surface area (Å²) in [6, 6.07) is 2.90. The average Bonchev–Trinajstić information content (AvgIpc) is 2.15. The van der Waals surface area contributed by atoms with Crippen LogP contribution in [0.5, 0.6) is 5.75 Å². The number of pyridine rings is 1. The lowest BCUT2D eigenvalue weighted by Gasteiger charge is -2.09. The fourth-order valence-corrected chi connectivity index (χ4v) is 1.38. The van der Waals surface area contributed by atoms with Crippen molar-refractivity contribution >= 4 is 11.8 Å². The van der Waals surface area contributed by atoms with Crippen LogP contribution in [-0.2, 0) is 0 Å². The molecule has 0 bridgehead atoms. The van der Waals surface area contributed by atoms with Crippen molar-refractivity contribution in [3.8, 4) is 11.8 Å². The van der Waals surface area contributed by atoms with Crippen LogP contribution >= 0.6 is 11.8 Å². The molecule has 7 heteroatoms. The van der Waals surface area contributed by atoms with Crippen LogP contribution in [0, 0.1) is 11.3 Å². The number of hydrogen-bond donors (Lipinski definition) is 0. The van der Waals surface area contributed by atoms with Gasteiger partial charge in [0.25, 0.3) is 0 Å². The van der Waals surface area contributed by atoms with E-state index in [0.29, 0.717) is 4.90 Å². The highest BCUT2D eigenvalue weighted by Crippen LogP contribution is 2.27. The van der Waals surface area contributed by atoms with E-state index in [9.17, 15) is 13.2 Å². The molecule has 0 radical (unpaired) electrons. The van der Waals surface area contributed by atoms with Crippen LogP contribution in [0.15, 0.2) is 17.2 Å². The van der Waals surface area contributed by atoms with Crippen molar-refractivity contribution < 1.29 is 17.9 Å². The summed E-state index contributed by atoms with van der Waals surface area (Å²) in [5, 5.41) is 8.58. The normalized spacial score (nSPS) is 10.9. The Morgan fingerprint density at radius 1 is 1.53 bits per heavy atom. The largest absolute Gasteiger partial charge is 0.573 e. The van der Waals surface area contributed by atoms with Crippen molar-refractivity contribution in [1.29, 1.82) is 5.26 Å². The third-order valence-electron chi connectivity index (χ3n) is 1.39. The predicted octanol–water partition coefficient (Wildman–Crippen LogP) is 2.57. The van der Waals surface area contributed by atoms with Gasteiger partial charge in [-0.2, -0.15) is 5.26 Å². The monoisotopic (exact) mass is 234 g/mol. The second-order valence-corrected chi connectivity index (χ2v) is 3.23. The number of thioether (sulfide) groups is 1. The van der Waals surface area contributed by atoms with E-state index in [-0.39, 0.29) is 5.69 Å². The third kappa shape index (κ3) is 3.32. The van der Waals surface area contributed by atoms with Gasteiger partial charge in [-0.15, -0.1) is 24.9 Å². The fourth-order valence-electron chi connectivity index (χ4n) is 0.856. The molecule has 0 fully saturated rings. The van der Waals surface area contributed by atoms with Crippen LogP contribution in [0.25, 0.3) is 0 Å². The minimum atomic E-state index is -4.74. The van der Waals surface area contributed by atoms with Gasteiger partial charge in [0.1, 0.15) is 11.8 Å². The zero-order valence-electron chi connectivity index (χ0n) is 7.50. The maximum atomic E-state index is 11.8. The van der Waals surface area contributed by atoms with Crippen LogP contribution in [0.3, 0.4) is 0 Å². The molecule has 1 rings (SSSR count). The lowest BCUT2D eigenvalue weighted by molar-refractivity contribution is -0.274. The molecule has 0 aromatic carbocycles. The van der Waals surface area contributed by atoms with Crippen molar-refractivity contribution in [2.75, 3.05) is 6.26 Å². The van der Waals surface area contributed by atoms with Gasteiger partial charge in [-0.05, 0) is 12.3 Å². The van der Waals surface area contributed by atoms with E-state index in [0.717, 1.165) is 24.0 Å². The number of halogens is 3. The third-order valence-corrected chi connectivity index (χ3v) is 2.14. The molecule has 1 aromatic heterocycles. The summed E-state index contributed by atoms with van der Waals surface area (Å²) in [7, 11) is 0. The van der Waals surface area contributed by atoms with E-state index >= 15 is 0 Å². The summed E-state index contributed by atoms with van der Waals surface area (Å²) in [6.07, 6.45) is -2.24. The van der Waals surface area contributed by atoms with Gasteiger partial charge >= 0.3 is 6.36 Å². The second-order valence-electron chi connectivity index (χ2n) is 2.38. The van der Waals surface area contributed by atoms with Gasteiger partial charge in [0, 0.05) is 4.90 Å². The molecule has 0 aliphatic heterocycles. The number of rotatable bonds is 2. The Morgan fingerprint density at radius 2 is 2.20 bits per heavy atom. The molecule has 0 N–H and O–H groups in total. The summed E-state index contributed by atoms with van der Waals surface area (Å²) in [4.78, 5) is 3.89. The van der Waals surface area contributed by atoms with Crippen molar-refractivity contribution in [1.82, 2.24) is 4.98 Å².